The smallest absolute Gasteiger partial charge is 0.309 e. The standard InChI is InChI=1S/C27H34FN3O6/c1-2-36-26(35)20-9-13-29(14-10-20)25(34)22-17-37-27(11-15-30(16-12-27)23(32)18-3-4-18)31(22)24(33)19-5-7-21(28)8-6-19/h5-8,18,20,22H,2-4,9-17H2,1H3. The van der Waals surface area contributed by atoms with Gasteiger partial charge in [-0.1, -0.05) is 0 Å². The molecule has 0 aromatic heterocycles. The van der Waals surface area contributed by atoms with Crippen LogP contribution in [0.5, 0.6) is 0 Å². The molecular weight excluding hydrogens is 481 g/mol. The summed E-state index contributed by atoms with van der Waals surface area (Å²) in [6.45, 7) is 3.85. The topological polar surface area (TPSA) is 96.5 Å². The number of carbonyl (C=O) groups is 4. The van der Waals surface area contributed by atoms with Crippen LogP contribution in [-0.2, 0) is 23.9 Å². The van der Waals surface area contributed by atoms with Crippen LogP contribution in [0.1, 0.15) is 55.8 Å². The summed E-state index contributed by atoms with van der Waals surface area (Å²) in [6, 6.07) is 4.46. The van der Waals surface area contributed by atoms with Crippen LogP contribution in [-0.4, -0.2) is 89.6 Å². The van der Waals surface area contributed by atoms with Crippen LogP contribution in [0, 0.1) is 17.7 Å². The molecule has 200 valence electrons. The van der Waals surface area contributed by atoms with Gasteiger partial charge < -0.3 is 19.3 Å². The Balaban J connectivity index is 1.34. The summed E-state index contributed by atoms with van der Waals surface area (Å²) in [6.07, 6.45) is 3.69. The van der Waals surface area contributed by atoms with Crippen LogP contribution in [0.2, 0.25) is 0 Å². The number of piperidine rings is 2. The van der Waals surface area contributed by atoms with Crippen molar-refractivity contribution in [3.63, 3.8) is 0 Å². The summed E-state index contributed by atoms with van der Waals surface area (Å²) in [5, 5.41) is 0. The van der Waals surface area contributed by atoms with Gasteiger partial charge in [0.2, 0.25) is 11.8 Å². The molecule has 3 saturated heterocycles. The van der Waals surface area contributed by atoms with E-state index in [-0.39, 0.29) is 47.7 Å². The first-order valence-corrected chi connectivity index (χ1v) is 13.3. The fourth-order valence-corrected chi connectivity index (χ4v) is 5.76. The summed E-state index contributed by atoms with van der Waals surface area (Å²) in [5.41, 5.74) is -0.725. The highest BCUT2D eigenvalue weighted by molar-refractivity contribution is 5.98. The number of hydrogen-bond acceptors (Lipinski definition) is 6. The second-order valence-corrected chi connectivity index (χ2v) is 10.4. The van der Waals surface area contributed by atoms with Crippen LogP contribution in [0.4, 0.5) is 4.39 Å². The molecule has 0 bridgehead atoms. The highest BCUT2D eigenvalue weighted by Gasteiger charge is 2.55. The van der Waals surface area contributed by atoms with Crippen LogP contribution < -0.4 is 0 Å². The average Bonchev–Trinajstić information content (AvgIpc) is 3.71. The highest BCUT2D eigenvalue weighted by Crippen LogP contribution is 2.41. The zero-order valence-electron chi connectivity index (χ0n) is 21.2. The van der Waals surface area contributed by atoms with Crippen molar-refractivity contribution in [2.75, 3.05) is 39.4 Å². The van der Waals surface area contributed by atoms with Crippen molar-refractivity contribution in [3.8, 4) is 0 Å². The zero-order valence-corrected chi connectivity index (χ0v) is 21.2. The van der Waals surface area contributed by atoms with Gasteiger partial charge in [0, 0.05) is 50.5 Å². The first-order chi connectivity index (χ1) is 17.8. The monoisotopic (exact) mass is 515 g/mol. The lowest BCUT2D eigenvalue weighted by Crippen LogP contribution is -2.60. The SMILES string of the molecule is CCOC(=O)C1CCN(C(=O)C2COC3(CCN(C(=O)C4CC4)CC3)N2C(=O)c2ccc(F)cc2)CC1. The van der Waals surface area contributed by atoms with Gasteiger partial charge in [-0.15, -0.1) is 0 Å². The third-order valence-electron chi connectivity index (χ3n) is 8.07. The van der Waals surface area contributed by atoms with Gasteiger partial charge >= 0.3 is 5.97 Å². The van der Waals surface area contributed by atoms with Crippen molar-refractivity contribution in [2.45, 2.75) is 57.2 Å². The maximum Gasteiger partial charge on any atom is 0.309 e. The van der Waals surface area contributed by atoms with E-state index >= 15 is 0 Å². The van der Waals surface area contributed by atoms with Crippen molar-refractivity contribution >= 4 is 23.7 Å². The third kappa shape index (κ3) is 5.08. The first-order valence-electron chi connectivity index (χ1n) is 13.3. The van der Waals surface area contributed by atoms with Crippen LogP contribution in [0.15, 0.2) is 24.3 Å². The molecule has 1 atom stereocenters. The van der Waals surface area contributed by atoms with Gasteiger partial charge in [0.1, 0.15) is 17.6 Å². The van der Waals surface area contributed by atoms with E-state index in [2.05, 4.69) is 0 Å². The lowest BCUT2D eigenvalue weighted by molar-refractivity contribution is -0.152. The fraction of sp³-hybridized carbons (Fsp3) is 0.630. The van der Waals surface area contributed by atoms with Crippen molar-refractivity contribution in [3.05, 3.63) is 35.6 Å². The Hall–Kier alpha value is -3.01. The molecule has 1 spiro atoms. The van der Waals surface area contributed by atoms with Gasteiger partial charge in [-0.05, 0) is 56.9 Å². The van der Waals surface area contributed by atoms with Gasteiger partial charge in [-0.25, -0.2) is 4.39 Å². The van der Waals surface area contributed by atoms with Gasteiger partial charge in [-0.3, -0.25) is 24.1 Å². The third-order valence-corrected chi connectivity index (χ3v) is 8.07. The first kappa shape index (κ1) is 25.6. The maximum absolute atomic E-state index is 13.8. The minimum Gasteiger partial charge on any atom is -0.466 e. The number of esters is 1. The maximum atomic E-state index is 13.8. The Bertz CT molecular complexity index is 1040. The molecule has 4 aliphatic rings. The van der Waals surface area contributed by atoms with E-state index in [1.54, 1.807) is 16.7 Å². The Morgan fingerprint density at radius 1 is 0.919 bits per heavy atom. The summed E-state index contributed by atoms with van der Waals surface area (Å²) in [4.78, 5) is 57.3. The van der Waals surface area contributed by atoms with Gasteiger partial charge in [-0.2, -0.15) is 0 Å². The lowest BCUT2D eigenvalue weighted by atomic mass is 9.95. The molecule has 0 N–H and O–H groups in total. The van der Waals surface area contributed by atoms with Crippen molar-refractivity contribution in [1.29, 1.82) is 0 Å². The van der Waals surface area contributed by atoms with Crippen molar-refractivity contribution in [1.82, 2.24) is 14.7 Å². The number of likely N-dealkylation sites (tertiary alicyclic amines) is 2. The molecule has 1 aromatic rings. The largest absolute Gasteiger partial charge is 0.466 e. The molecule has 4 fully saturated rings. The Morgan fingerprint density at radius 2 is 1.54 bits per heavy atom. The van der Waals surface area contributed by atoms with E-state index in [0.717, 1.165) is 12.8 Å². The number of rotatable bonds is 5. The van der Waals surface area contributed by atoms with Crippen molar-refractivity contribution < 1.29 is 33.0 Å². The number of halogens is 1. The van der Waals surface area contributed by atoms with Crippen LogP contribution in [0.25, 0.3) is 0 Å². The number of amides is 3. The Morgan fingerprint density at radius 3 is 2.14 bits per heavy atom. The van der Waals surface area contributed by atoms with Crippen LogP contribution in [0.3, 0.4) is 0 Å². The average molecular weight is 516 g/mol. The predicted molar refractivity (Wildman–Crippen MR) is 130 cm³/mol. The van der Waals surface area contributed by atoms with Crippen LogP contribution >= 0.6 is 0 Å². The molecule has 3 amide bonds. The second-order valence-electron chi connectivity index (χ2n) is 10.4. The zero-order chi connectivity index (χ0) is 26.2. The molecule has 1 aliphatic carbocycles. The van der Waals surface area contributed by atoms with Gasteiger partial charge in [0.25, 0.3) is 5.91 Å². The molecule has 3 aliphatic heterocycles. The number of hydrogen-bond donors (Lipinski definition) is 0. The van der Waals surface area contributed by atoms with Crippen molar-refractivity contribution in [2.24, 2.45) is 11.8 Å². The number of benzene rings is 1. The molecule has 10 heteroatoms. The number of carbonyl (C=O) groups excluding carboxylic acids is 4. The Labute approximate surface area is 215 Å². The molecule has 1 saturated carbocycles. The summed E-state index contributed by atoms with van der Waals surface area (Å²) >= 11 is 0. The molecule has 1 aromatic carbocycles. The van der Waals surface area contributed by atoms with E-state index in [1.165, 1.54) is 24.3 Å². The number of ether oxygens (including phenoxy) is 2. The minimum atomic E-state index is -1.00. The molecule has 3 heterocycles. The van der Waals surface area contributed by atoms with Gasteiger partial charge in [0.15, 0.2) is 0 Å². The molecular formula is C27H34FN3O6. The summed E-state index contributed by atoms with van der Waals surface area (Å²) in [7, 11) is 0. The second kappa shape index (κ2) is 10.4. The number of nitrogens with zero attached hydrogens (tertiary/aromatic N) is 3. The highest BCUT2D eigenvalue weighted by atomic mass is 19.1. The van der Waals surface area contributed by atoms with E-state index in [9.17, 15) is 23.6 Å². The van der Waals surface area contributed by atoms with E-state index in [1.807, 2.05) is 4.90 Å². The lowest BCUT2D eigenvalue weighted by Gasteiger charge is -2.45. The molecule has 1 unspecified atom stereocenters. The summed E-state index contributed by atoms with van der Waals surface area (Å²) in [5.74, 6) is -1.26. The molecule has 37 heavy (non-hydrogen) atoms. The molecule has 5 rings (SSSR count). The Kier molecular flexibility index (Phi) is 7.20. The van der Waals surface area contributed by atoms with E-state index in [4.69, 9.17) is 9.47 Å². The van der Waals surface area contributed by atoms with E-state index in [0.29, 0.717) is 58.5 Å². The molecule has 9 nitrogen and oxygen atoms in total. The summed E-state index contributed by atoms with van der Waals surface area (Å²) < 4.78 is 25.0. The quantitative estimate of drug-likeness (QED) is 0.558. The molecule has 0 radical (unpaired) electrons. The normalized spacial score (nSPS) is 23.8. The minimum absolute atomic E-state index is 0.0557. The fourth-order valence-electron chi connectivity index (χ4n) is 5.76. The predicted octanol–water partition coefficient (Wildman–Crippen LogP) is 2.20. The van der Waals surface area contributed by atoms with E-state index < -0.39 is 17.6 Å². The van der Waals surface area contributed by atoms with Gasteiger partial charge in [0.05, 0.1) is 19.1 Å².